The zero-order chi connectivity index (χ0) is 11.5. The number of nitrogens with one attached hydrogen (secondary N) is 2. The van der Waals surface area contributed by atoms with Crippen LogP contribution in [-0.2, 0) is 0 Å². The molecule has 2 rings (SSSR count). The first-order chi connectivity index (χ1) is 7.72. The molecule has 2 N–H and O–H groups in total. The Balaban J connectivity index is 2.30. The van der Waals surface area contributed by atoms with Gasteiger partial charge in [-0.2, -0.15) is 5.10 Å². The third kappa shape index (κ3) is 1.91. The molecule has 0 aliphatic rings. The Morgan fingerprint density at radius 3 is 3.00 bits per heavy atom. The fraction of sp³-hybridized carbons (Fsp3) is 0.333. The van der Waals surface area contributed by atoms with Crippen molar-refractivity contribution in [2.45, 2.75) is 26.3 Å². The van der Waals surface area contributed by atoms with Crippen LogP contribution in [-0.4, -0.2) is 22.1 Å². The molecule has 0 saturated carbocycles. The van der Waals surface area contributed by atoms with Gasteiger partial charge < -0.3 is 5.32 Å². The zero-order valence-corrected chi connectivity index (χ0v) is 9.45. The van der Waals surface area contributed by atoms with Gasteiger partial charge in [0.2, 0.25) is 0 Å². The van der Waals surface area contributed by atoms with E-state index in [4.69, 9.17) is 0 Å². The molecule has 16 heavy (non-hydrogen) atoms. The minimum atomic E-state index is -0.119. The van der Waals surface area contributed by atoms with Gasteiger partial charge in [-0.3, -0.25) is 9.89 Å². The number of para-hydroxylation sites is 1. The molecule has 0 aliphatic heterocycles. The highest BCUT2D eigenvalue weighted by molar-refractivity contribution is 6.04. The molecule has 0 bridgehead atoms. The maximum atomic E-state index is 11.9. The molecule has 0 aliphatic carbocycles. The second-order valence-electron chi connectivity index (χ2n) is 3.90. The average molecular weight is 217 g/mol. The number of H-pyrrole nitrogens is 1. The number of hydrogen-bond donors (Lipinski definition) is 2. The summed E-state index contributed by atoms with van der Waals surface area (Å²) in [5.74, 6) is -0.119. The first kappa shape index (κ1) is 10.7. The van der Waals surface area contributed by atoms with E-state index in [0.29, 0.717) is 5.69 Å². The Labute approximate surface area is 94.0 Å². The Morgan fingerprint density at radius 2 is 2.25 bits per heavy atom. The zero-order valence-electron chi connectivity index (χ0n) is 9.45. The number of amides is 1. The number of aromatic amines is 1. The van der Waals surface area contributed by atoms with Gasteiger partial charge >= 0.3 is 0 Å². The number of nitrogens with zero attached hydrogens (tertiary/aromatic N) is 1. The van der Waals surface area contributed by atoms with Crippen LogP contribution in [0.15, 0.2) is 24.3 Å². The van der Waals surface area contributed by atoms with Crippen LogP contribution in [0.3, 0.4) is 0 Å². The number of aromatic nitrogens is 2. The molecule has 0 spiro atoms. The summed E-state index contributed by atoms with van der Waals surface area (Å²) in [5.41, 5.74) is 1.35. The molecule has 1 aromatic heterocycles. The van der Waals surface area contributed by atoms with Crippen LogP contribution in [0, 0.1) is 0 Å². The monoisotopic (exact) mass is 217 g/mol. The van der Waals surface area contributed by atoms with E-state index < -0.39 is 0 Å². The molecular weight excluding hydrogens is 202 g/mol. The standard InChI is InChI=1S/C12H15N3O/c1-3-8(2)13-12(16)11-9-6-4-5-7-10(9)14-15-11/h4-8H,3H2,1-2H3,(H,13,16)(H,14,15). The van der Waals surface area contributed by atoms with E-state index in [1.165, 1.54) is 0 Å². The van der Waals surface area contributed by atoms with Crippen LogP contribution in [0.2, 0.25) is 0 Å². The number of carbonyl (C=O) groups is 1. The van der Waals surface area contributed by atoms with Gasteiger partial charge in [-0.25, -0.2) is 0 Å². The summed E-state index contributed by atoms with van der Waals surface area (Å²) in [6, 6.07) is 7.78. The highest BCUT2D eigenvalue weighted by Gasteiger charge is 2.14. The third-order valence-corrected chi connectivity index (χ3v) is 2.68. The maximum Gasteiger partial charge on any atom is 0.272 e. The van der Waals surface area contributed by atoms with Crippen LogP contribution in [0.25, 0.3) is 10.9 Å². The van der Waals surface area contributed by atoms with E-state index >= 15 is 0 Å². The van der Waals surface area contributed by atoms with Crippen molar-refractivity contribution < 1.29 is 4.79 Å². The summed E-state index contributed by atoms with van der Waals surface area (Å²) in [5, 5.41) is 10.7. The molecule has 0 radical (unpaired) electrons. The molecule has 1 atom stereocenters. The summed E-state index contributed by atoms with van der Waals surface area (Å²) in [6.07, 6.45) is 0.911. The van der Waals surface area contributed by atoms with Crippen molar-refractivity contribution >= 4 is 16.8 Å². The molecular formula is C12H15N3O. The van der Waals surface area contributed by atoms with Gasteiger partial charge in [-0.1, -0.05) is 25.1 Å². The number of hydrogen-bond acceptors (Lipinski definition) is 2. The van der Waals surface area contributed by atoms with Gasteiger partial charge in [0.1, 0.15) is 0 Å². The average Bonchev–Trinajstić information content (AvgIpc) is 2.72. The maximum absolute atomic E-state index is 11.9. The summed E-state index contributed by atoms with van der Waals surface area (Å²) in [7, 11) is 0. The van der Waals surface area contributed by atoms with Crippen LogP contribution in [0.1, 0.15) is 30.8 Å². The van der Waals surface area contributed by atoms with Crippen LogP contribution >= 0.6 is 0 Å². The first-order valence-corrected chi connectivity index (χ1v) is 5.46. The van der Waals surface area contributed by atoms with Gasteiger partial charge in [-0.15, -0.1) is 0 Å². The quantitative estimate of drug-likeness (QED) is 0.827. The van der Waals surface area contributed by atoms with E-state index in [0.717, 1.165) is 17.3 Å². The van der Waals surface area contributed by atoms with Crippen LogP contribution < -0.4 is 5.32 Å². The minimum absolute atomic E-state index is 0.119. The molecule has 1 unspecified atom stereocenters. The van der Waals surface area contributed by atoms with E-state index in [1.807, 2.05) is 38.1 Å². The molecule has 0 fully saturated rings. The van der Waals surface area contributed by atoms with Gasteiger partial charge in [0.15, 0.2) is 5.69 Å². The van der Waals surface area contributed by atoms with Crippen molar-refractivity contribution in [3.05, 3.63) is 30.0 Å². The minimum Gasteiger partial charge on any atom is -0.348 e. The van der Waals surface area contributed by atoms with E-state index in [9.17, 15) is 4.79 Å². The number of fused-ring (bicyclic) bond motifs is 1. The summed E-state index contributed by atoms with van der Waals surface area (Å²) in [4.78, 5) is 11.9. The normalized spacial score (nSPS) is 12.6. The molecule has 84 valence electrons. The second kappa shape index (κ2) is 4.35. The fourth-order valence-corrected chi connectivity index (χ4v) is 1.53. The Bertz CT molecular complexity index is 504. The lowest BCUT2D eigenvalue weighted by atomic mass is 10.2. The molecule has 2 aromatic rings. The van der Waals surface area contributed by atoms with Crippen molar-refractivity contribution in [2.75, 3.05) is 0 Å². The summed E-state index contributed by atoms with van der Waals surface area (Å²) in [6.45, 7) is 4.01. The Morgan fingerprint density at radius 1 is 1.50 bits per heavy atom. The molecule has 1 heterocycles. The fourth-order valence-electron chi connectivity index (χ4n) is 1.53. The predicted octanol–water partition coefficient (Wildman–Crippen LogP) is 2.09. The van der Waals surface area contributed by atoms with Crippen LogP contribution in [0.5, 0.6) is 0 Å². The predicted molar refractivity (Wildman–Crippen MR) is 63.3 cm³/mol. The Hall–Kier alpha value is -1.84. The van der Waals surface area contributed by atoms with E-state index in [-0.39, 0.29) is 11.9 Å². The first-order valence-electron chi connectivity index (χ1n) is 5.46. The topological polar surface area (TPSA) is 57.8 Å². The van der Waals surface area contributed by atoms with Crippen LogP contribution in [0.4, 0.5) is 0 Å². The summed E-state index contributed by atoms with van der Waals surface area (Å²) >= 11 is 0. The van der Waals surface area contributed by atoms with E-state index in [1.54, 1.807) is 0 Å². The molecule has 4 nitrogen and oxygen atoms in total. The largest absolute Gasteiger partial charge is 0.348 e. The highest BCUT2D eigenvalue weighted by Crippen LogP contribution is 2.14. The lowest BCUT2D eigenvalue weighted by Crippen LogP contribution is -2.32. The van der Waals surface area contributed by atoms with Crippen molar-refractivity contribution in [3.8, 4) is 0 Å². The lowest BCUT2D eigenvalue weighted by molar-refractivity contribution is 0.0936. The molecule has 0 saturated heterocycles. The molecule has 1 amide bonds. The third-order valence-electron chi connectivity index (χ3n) is 2.68. The van der Waals surface area contributed by atoms with Crippen molar-refractivity contribution in [1.82, 2.24) is 15.5 Å². The van der Waals surface area contributed by atoms with Gasteiger partial charge in [0.05, 0.1) is 5.52 Å². The number of rotatable bonds is 3. The van der Waals surface area contributed by atoms with Gasteiger partial charge in [-0.05, 0) is 19.4 Å². The van der Waals surface area contributed by atoms with Gasteiger partial charge in [0.25, 0.3) is 5.91 Å². The second-order valence-corrected chi connectivity index (χ2v) is 3.90. The SMILES string of the molecule is CCC(C)NC(=O)c1n[nH]c2ccccc12. The molecule has 4 heteroatoms. The van der Waals surface area contributed by atoms with Gasteiger partial charge in [0, 0.05) is 11.4 Å². The number of benzene rings is 1. The Kier molecular flexibility index (Phi) is 2.90. The smallest absolute Gasteiger partial charge is 0.272 e. The van der Waals surface area contributed by atoms with Crippen molar-refractivity contribution in [2.24, 2.45) is 0 Å². The van der Waals surface area contributed by atoms with E-state index in [2.05, 4.69) is 15.5 Å². The molecule has 1 aromatic carbocycles. The number of carbonyl (C=O) groups excluding carboxylic acids is 1. The van der Waals surface area contributed by atoms with Crippen molar-refractivity contribution in [1.29, 1.82) is 0 Å². The lowest BCUT2D eigenvalue weighted by Gasteiger charge is -2.09. The van der Waals surface area contributed by atoms with Crippen molar-refractivity contribution in [3.63, 3.8) is 0 Å². The highest BCUT2D eigenvalue weighted by atomic mass is 16.2. The summed E-state index contributed by atoms with van der Waals surface area (Å²) < 4.78 is 0.